The van der Waals surface area contributed by atoms with Gasteiger partial charge in [-0.2, -0.15) is 5.26 Å². The lowest BCUT2D eigenvalue weighted by atomic mass is 9.90. The van der Waals surface area contributed by atoms with E-state index in [2.05, 4.69) is 11.0 Å². The van der Waals surface area contributed by atoms with Crippen LogP contribution in [0.25, 0.3) is 0 Å². The van der Waals surface area contributed by atoms with Gasteiger partial charge in [0, 0.05) is 6.04 Å². The van der Waals surface area contributed by atoms with Gasteiger partial charge in [0.15, 0.2) is 0 Å². The maximum Gasteiger partial charge on any atom is 0.307 e. The molecule has 1 heterocycles. The predicted molar refractivity (Wildman–Crippen MR) is 69.9 cm³/mol. The van der Waals surface area contributed by atoms with Gasteiger partial charge in [-0.3, -0.25) is 9.69 Å². The zero-order valence-electron chi connectivity index (χ0n) is 11.7. The number of ether oxygens (including phenoxy) is 1. The topological polar surface area (TPSA) is 53.3 Å². The maximum atomic E-state index is 11.4. The minimum absolute atomic E-state index is 0.133. The van der Waals surface area contributed by atoms with Gasteiger partial charge >= 0.3 is 5.97 Å². The number of hydrogen-bond acceptors (Lipinski definition) is 4. The zero-order chi connectivity index (χ0) is 13.6. The highest BCUT2D eigenvalue weighted by molar-refractivity contribution is 5.69. The Hall–Kier alpha value is -1.08. The third-order valence-corrected chi connectivity index (χ3v) is 3.71. The van der Waals surface area contributed by atoms with Crippen LogP contribution in [-0.2, 0) is 9.53 Å². The molecular weight excluding hydrogens is 228 g/mol. The first-order valence-corrected chi connectivity index (χ1v) is 6.70. The second-order valence-corrected chi connectivity index (χ2v) is 5.71. The van der Waals surface area contributed by atoms with E-state index >= 15 is 0 Å². The average Bonchev–Trinajstić information content (AvgIpc) is 2.37. The van der Waals surface area contributed by atoms with Crippen LogP contribution in [0.2, 0.25) is 0 Å². The van der Waals surface area contributed by atoms with Gasteiger partial charge in [0.2, 0.25) is 0 Å². The Bertz CT molecular complexity index is 320. The van der Waals surface area contributed by atoms with Crippen molar-refractivity contribution in [3.63, 3.8) is 0 Å². The molecule has 0 aliphatic carbocycles. The molecule has 1 fully saturated rings. The Morgan fingerprint density at radius 1 is 1.50 bits per heavy atom. The first-order valence-electron chi connectivity index (χ1n) is 6.70. The van der Waals surface area contributed by atoms with Gasteiger partial charge in [-0.1, -0.05) is 6.42 Å². The molecule has 4 heteroatoms. The normalized spacial score (nSPS) is 21.3. The summed E-state index contributed by atoms with van der Waals surface area (Å²) in [6.45, 7) is 5.85. The summed E-state index contributed by atoms with van der Waals surface area (Å²) in [5.74, 6) is -0.133. The second kappa shape index (κ2) is 6.75. The highest BCUT2D eigenvalue weighted by Gasteiger charge is 2.27. The van der Waals surface area contributed by atoms with Crippen LogP contribution in [0.15, 0.2) is 0 Å². The van der Waals surface area contributed by atoms with Gasteiger partial charge in [0.25, 0.3) is 0 Å². The van der Waals surface area contributed by atoms with Crippen molar-refractivity contribution in [3.05, 3.63) is 0 Å². The summed E-state index contributed by atoms with van der Waals surface area (Å²) in [5, 5.41) is 9.03. The van der Waals surface area contributed by atoms with Crippen molar-refractivity contribution in [1.82, 2.24) is 4.90 Å². The number of rotatable bonds is 5. The molecule has 0 spiro atoms. The number of piperidine rings is 1. The number of carbonyl (C=O) groups excluding carboxylic acids is 1. The molecule has 0 aromatic rings. The Labute approximate surface area is 110 Å². The number of nitriles is 1. The largest absolute Gasteiger partial charge is 0.469 e. The third kappa shape index (κ3) is 4.66. The van der Waals surface area contributed by atoms with Crippen molar-refractivity contribution in [2.24, 2.45) is 5.41 Å². The lowest BCUT2D eigenvalue weighted by Crippen LogP contribution is -2.42. The van der Waals surface area contributed by atoms with Crippen molar-refractivity contribution in [1.29, 1.82) is 5.26 Å². The zero-order valence-corrected chi connectivity index (χ0v) is 11.7. The molecule has 0 amide bonds. The molecule has 1 saturated heterocycles. The van der Waals surface area contributed by atoms with Crippen LogP contribution in [0.1, 0.15) is 46.0 Å². The molecule has 4 nitrogen and oxygen atoms in total. The van der Waals surface area contributed by atoms with Gasteiger partial charge in [-0.25, -0.2) is 0 Å². The van der Waals surface area contributed by atoms with Gasteiger partial charge in [-0.05, 0) is 46.2 Å². The van der Waals surface area contributed by atoms with Crippen LogP contribution in [0.4, 0.5) is 0 Å². The van der Waals surface area contributed by atoms with Crippen molar-refractivity contribution in [2.45, 2.75) is 52.0 Å². The molecule has 1 rings (SSSR count). The average molecular weight is 252 g/mol. The Kier molecular flexibility index (Phi) is 5.61. The van der Waals surface area contributed by atoms with E-state index in [0.29, 0.717) is 12.5 Å². The maximum absolute atomic E-state index is 11.4. The van der Waals surface area contributed by atoms with Gasteiger partial charge in [-0.15, -0.1) is 0 Å². The second-order valence-electron chi connectivity index (χ2n) is 5.71. The molecule has 1 aliphatic rings. The molecule has 0 radical (unpaired) electrons. The number of nitrogens with zero attached hydrogens (tertiary/aromatic N) is 2. The Morgan fingerprint density at radius 2 is 2.22 bits per heavy atom. The Balaban J connectivity index is 2.50. The van der Waals surface area contributed by atoms with E-state index in [0.717, 1.165) is 25.9 Å². The summed E-state index contributed by atoms with van der Waals surface area (Å²) in [4.78, 5) is 13.7. The van der Waals surface area contributed by atoms with Crippen molar-refractivity contribution in [2.75, 3.05) is 20.2 Å². The fourth-order valence-corrected chi connectivity index (χ4v) is 2.34. The third-order valence-electron chi connectivity index (χ3n) is 3.71. The quantitative estimate of drug-likeness (QED) is 0.705. The number of likely N-dealkylation sites (tertiary alicyclic amines) is 1. The summed E-state index contributed by atoms with van der Waals surface area (Å²) in [5.41, 5.74) is -0.284. The molecule has 0 aromatic carbocycles. The van der Waals surface area contributed by atoms with Crippen LogP contribution >= 0.6 is 0 Å². The fourth-order valence-electron chi connectivity index (χ4n) is 2.34. The SMILES string of the molecule is COC(=O)CC1CCCCN1CCC(C)(C)C#N. The van der Waals surface area contributed by atoms with Gasteiger partial charge in [0.05, 0.1) is 25.0 Å². The van der Waals surface area contributed by atoms with E-state index in [-0.39, 0.29) is 11.4 Å². The fraction of sp³-hybridized carbons (Fsp3) is 0.857. The smallest absolute Gasteiger partial charge is 0.307 e. The molecule has 0 bridgehead atoms. The van der Waals surface area contributed by atoms with Crippen molar-refractivity contribution in [3.8, 4) is 6.07 Å². The highest BCUT2D eigenvalue weighted by Crippen LogP contribution is 2.24. The standard InChI is InChI=1S/C14H24N2O2/c1-14(2,11-15)7-9-16-8-5-4-6-12(16)10-13(17)18-3/h12H,4-10H2,1-3H3. The number of carbonyl (C=O) groups is 1. The van der Waals surface area contributed by atoms with E-state index in [1.807, 2.05) is 13.8 Å². The molecule has 18 heavy (non-hydrogen) atoms. The van der Waals surface area contributed by atoms with E-state index in [1.54, 1.807) is 0 Å². The van der Waals surface area contributed by atoms with E-state index < -0.39 is 0 Å². The summed E-state index contributed by atoms with van der Waals surface area (Å²) >= 11 is 0. The van der Waals surface area contributed by atoms with E-state index in [4.69, 9.17) is 10.00 Å². The summed E-state index contributed by atoms with van der Waals surface area (Å²) in [6.07, 6.45) is 4.75. The molecule has 1 aliphatic heterocycles. The highest BCUT2D eigenvalue weighted by atomic mass is 16.5. The van der Waals surface area contributed by atoms with Crippen LogP contribution in [0.5, 0.6) is 0 Å². The van der Waals surface area contributed by atoms with E-state index in [9.17, 15) is 4.79 Å². The summed E-state index contributed by atoms with van der Waals surface area (Å²) < 4.78 is 4.75. The lowest BCUT2D eigenvalue weighted by molar-refractivity contribution is -0.142. The minimum Gasteiger partial charge on any atom is -0.469 e. The molecule has 0 saturated carbocycles. The molecule has 1 unspecified atom stereocenters. The Morgan fingerprint density at radius 3 is 2.83 bits per heavy atom. The van der Waals surface area contributed by atoms with Gasteiger partial charge in [0.1, 0.15) is 0 Å². The van der Waals surface area contributed by atoms with Crippen LogP contribution < -0.4 is 0 Å². The lowest BCUT2D eigenvalue weighted by Gasteiger charge is -2.36. The van der Waals surface area contributed by atoms with Crippen LogP contribution in [-0.4, -0.2) is 37.1 Å². The summed E-state index contributed by atoms with van der Waals surface area (Å²) in [6, 6.07) is 2.62. The molecule has 0 N–H and O–H groups in total. The van der Waals surface area contributed by atoms with Crippen molar-refractivity contribution < 1.29 is 9.53 Å². The number of methoxy groups -OCH3 is 1. The van der Waals surface area contributed by atoms with E-state index in [1.165, 1.54) is 20.0 Å². The molecule has 0 aromatic heterocycles. The summed E-state index contributed by atoms with van der Waals surface area (Å²) in [7, 11) is 1.44. The first-order chi connectivity index (χ1) is 8.48. The molecule has 102 valence electrons. The minimum atomic E-state index is -0.284. The predicted octanol–water partition coefficient (Wildman–Crippen LogP) is 2.34. The van der Waals surface area contributed by atoms with Gasteiger partial charge < -0.3 is 4.74 Å². The number of hydrogen-bond donors (Lipinski definition) is 0. The number of esters is 1. The van der Waals surface area contributed by atoms with Crippen LogP contribution in [0, 0.1) is 16.7 Å². The van der Waals surface area contributed by atoms with Crippen molar-refractivity contribution >= 4 is 5.97 Å². The van der Waals surface area contributed by atoms with Crippen LogP contribution in [0.3, 0.4) is 0 Å². The molecule has 1 atom stereocenters. The first kappa shape index (κ1) is 15.0. The monoisotopic (exact) mass is 252 g/mol. The molecular formula is C14H24N2O2.